The Morgan fingerprint density at radius 1 is 1.00 bits per heavy atom. The van der Waals surface area contributed by atoms with Gasteiger partial charge in [-0.05, 0) is 57.2 Å². The molecule has 0 saturated heterocycles. The Balaban J connectivity index is 0.000000500. The summed E-state index contributed by atoms with van der Waals surface area (Å²) in [6, 6.07) is 13.9. The second-order valence-corrected chi connectivity index (χ2v) is 7.92. The van der Waals surface area contributed by atoms with Crippen LogP contribution >= 0.6 is 11.6 Å². The van der Waals surface area contributed by atoms with E-state index < -0.39 is 10.2 Å². The second kappa shape index (κ2) is 8.52. The summed E-state index contributed by atoms with van der Waals surface area (Å²) in [7, 11) is -4.94. The molecule has 0 aliphatic heterocycles. The fourth-order valence-corrected chi connectivity index (χ4v) is 2.50. The summed E-state index contributed by atoms with van der Waals surface area (Å²) in [5, 5.41) is 5.34. The summed E-state index contributed by atoms with van der Waals surface area (Å²) in [4.78, 5) is 0. The van der Waals surface area contributed by atoms with Gasteiger partial charge < -0.3 is 0 Å². The predicted octanol–water partition coefficient (Wildman–Crippen LogP) is -0.382. The van der Waals surface area contributed by atoms with Crippen molar-refractivity contribution in [3.05, 3.63) is 65.7 Å². The number of benzene rings is 2. The van der Waals surface area contributed by atoms with Gasteiger partial charge in [0.2, 0.25) is 6.33 Å². The van der Waals surface area contributed by atoms with Gasteiger partial charge in [0.1, 0.15) is 17.0 Å². The lowest BCUT2D eigenvalue weighted by atomic mass is 10.1. The van der Waals surface area contributed by atoms with E-state index in [4.69, 9.17) is 35.3 Å². The second-order valence-electron chi connectivity index (χ2n) is 6.76. The van der Waals surface area contributed by atoms with Crippen LogP contribution in [0.3, 0.4) is 0 Å². The molecule has 1 aromatic heterocycles. The third-order valence-electron chi connectivity index (χ3n) is 3.56. The number of halogens is 3. The molecule has 0 amide bonds. The van der Waals surface area contributed by atoms with Crippen LogP contribution in [0.4, 0.5) is 4.39 Å². The standard InChI is InChI=1S/C18H18ClFN3.ClHO4/c1-18(2,3)23-12-22(14-10-8-13(20)9-11-14)17(21-23)15-6-4-5-7-16(15)19;2-1(3,4)5/h4-12H,1-3H3;(H,2,3,4,5)/q+1;/p-1. The van der Waals surface area contributed by atoms with Crippen LogP contribution in [0.15, 0.2) is 54.9 Å². The van der Waals surface area contributed by atoms with Crippen LogP contribution < -0.4 is 23.2 Å². The van der Waals surface area contributed by atoms with Crippen molar-refractivity contribution < 1.29 is 37.8 Å². The van der Waals surface area contributed by atoms with Gasteiger partial charge in [-0.3, -0.25) is 0 Å². The average molecular weight is 430 g/mol. The van der Waals surface area contributed by atoms with Gasteiger partial charge in [0.25, 0.3) is 0 Å². The Morgan fingerprint density at radius 3 is 2.04 bits per heavy atom. The zero-order chi connectivity index (χ0) is 21.1. The van der Waals surface area contributed by atoms with Crippen LogP contribution in [0.25, 0.3) is 17.1 Å². The minimum absolute atomic E-state index is 0.179. The Kier molecular flexibility index (Phi) is 6.76. The van der Waals surface area contributed by atoms with Gasteiger partial charge in [-0.2, -0.15) is 4.57 Å². The first kappa shape index (κ1) is 22.2. The first-order chi connectivity index (χ1) is 12.9. The van der Waals surface area contributed by atoms with Crippen LogP contribution in [0.5, 0.6) is 0 Å². The normalized spacial score (nSPS) is 11.8. The minimum atomic E-state index is -4.94. The molecule has 0 spiro atoms. The summed E-state index contributed by atoms with van der Waals surface area (Å²) in [5.41, 5.74) is 1.49. The summed E-state index contributed by atoms with van der Waals surface area (Å²) in [6.07, 6.45) is 1.91. The maximum atomic E-state index is 13.2. The van der Waals surface area contributed by atoms with Crippen LogP contribution in [-0.4, -0.2) is 9.78 Å². The third kappa shape index (κ3) is 6.23. The van der Waals surface area contributed by atoms with Crippen LogP contribution in [0.1, 0.15) is 20.8 Å². The van der Waals surface area contributed by atoms with Crippen molar-refractivity contribution in [3.8, 4) is 17.1 Å². The molecule has 0 unspecified atom stereocenters. The molecule has 2 aromatic carbocycles. The summed E-state index contributed by atoms with van der Waals surface area (Å²) < 4.78 is 51.0. The van der Waals surface area contributed by atoms with E-state index in [0.717, 1.165) is 17.1 Å². The average Bonchev–Trinajstić information content (AvgIpc) is 3.00. The molecule has 10 heteroatoms. The highest BCUT2D eigenvalue weighted by molar-refractivity contribution is 6.33. The highest BCUT2D eigenvalue weighted by Gasteiger charge is 2.28. The molecule has 0 N–H and O–H groups in total. The number of nitrogens with zero attached hydrogens (tertiary/aromatic N) is 3. The van der Waals surface area contributed by atoms with Crippen molar-refractivity contribution >= 4 is 11.6 Å². The first-order valence-corrected chi connectivity index (χ1v) is 9.62. The largest absolute Gasteiger partial charge is 0.315 e. The lowest BCUT2D eigenvalue weighted by Crippen LogP contribution is -2.68. The maximum Gasteiger partial charge on any atom is 0.315 e. The number of rotatable bonds is 2. The molecule has 0 atom stereocenters. The molecule has 0 saturated carbocycles. The molecule has 1 heterocycles. The van der Waals surface area contributed by atoms with E-state index in [1.165, 1.54) is 12.1 Å². The van der Waals surface area contributed by atoms with Crippen molar-refractivity contribution in [2.45, 2.75) is 26.3 Å². The van der Waals surface area contributed by atoms with E-state index in [9.17, 15) is 4.39 Å². The third-order valence-corrected chi connectivity index (χ3v) is 3.89. The van der Waals surface area contributed by atoms with Gasteiger partial charge in [0.05, 0.1) is 10.6 Å². The molecule has 3 rings (SSSR count). The Labute approximate surface area is 168 Å². The Morgan fingerprint density at radius 2 is 1.54 bits per heavy atom. The zero-order valence-corrected chi connectivity index (χ0v) is 16.8. The van der Waals surface area contributed by atoms with E-state index in [0.29, 0.717) is 5.02 Å². The van der Waals surface area contributed by atoms with Gasteiger partial charge in [0, 0.05) is 5.10 Å². The van der Waals surface area contributed by atoms with Crippen molar-refractivity contribution in [2.75, 3.05) is 0 Å². The van der Waals surface area contributed by atoms with Gasteiger partial charge >= 0.3 is 5.82 Å². The molecule has 0 fully saturated rings. The fourth-order valence-electron chi connectivity index (χ4n) is 2.28. The monoisotopic (exact) mass is 429 g/mol. The Hall–Kier alpha value is -2.07. The molecule has 3 aromatic rings. The molecular formula is C18H18Cl2FN3O4. The summed E-state index contributed by atoms with van der Waals surface area (Å²) in [6.45, 7) is 6.22. The predicted molar refractivity (Wildman–Crippen MR) is 89.2 cm³/mol. The van der Waals surface area contributed by atoms with Crippen molar-refractivity contribution in [2.24, 2.45) is 0 Å². The van der Waals surface area contributed by atoms with Gasteiger partial charge in [-0.15, -0.1) is 14.9 Å². The van der Waals surface area contributed by atoms with Gasteiger partial charge in [-0.1, -0.05) is 23.7 Å². The highest BCUT2D eigenvalue weighted by atomic mass is 35.7. The van der Waals surface area contributed by atoms with E-state index in [-0.39, 0.29) is 11.4 Å². The SMILES string of the molecule is CC(C)(C)n1c[n+](-c2ccc(F)cc2)c(-c2ccccc2Cl)n1.[O-][Cl+3]([O-])([O-])[O-]. The van der Waals surface area contributed by atoms with Crippen LogP contribution in [-0.2, 0) is 5.54 Å². The smallest absolute Gasteiger partial charge is 0.222 e. The molecule has 7 nitrogen and oxygen atoms in total. The molecule has 0 aliphatic rings. The van der Waals surface area contributed by atoms with Crippen LogP contribution in [0, 0.1) is 16.1 Å². The molecule has 0 radical (unpaired) electrons. The number of aromatic nitrogens is 3. The first-order valence-electron chi connectivity index (χ1n) is 8.00. The van der Waals surface area contributed by atoms with Crippen LogP contribution in [0.2, 0.25) is 5.02 Å². The summed E-state index contributed by atoms with van der Waals surface area (Å²) in [5.74, 6) is 0.453. The van der Waals surface area contributed by atoms with E-state index in [1.807, 2.05) is 39.8 Å². The molecule has 0 bridgehead atoms. The lowest BCUT2D eigenvalue weighted by Gasteiger charge is -2.17. The van der Waals surface area contributed by atoms with Crippen molar-refractivity contribution in [1.82, 2.24) is 9.78 Å². The molecule has 28 heavy (non-hydrogen) atoms. The van der Waals surface area contributed by atoms with E-state index in [2.05, 4.69) is 20.8 Å². The fraction of sp³-hybridized carbons (Fsp3) is 0.222. The number of hydrogen-bond donors (Lipinski definition) is 0. The highest BCUT2D eigenvalue weighted by Crippen LogP contribution is 2.25. The lowest BCUT2D eigenvalue weighted by molar-refractivity contribution is -2.00. The quantitative estimate of drug-likeness (QED) is 0.515. The zero-order valence-electron chi connectivity index (χ0n) is 15.3. The topological polar surface area (TPSA) is 114 Å². The molecule has 0 aliphatic carbocycles. The molecular weight excluding hydrogens is 412 g/mol. The van der Waals surface area contributed by atoms with E-state index >= 15 is 0 Å². The molecule has 150 valence electrons. The van der Waals surface area contributed by atoms with E-state index in [1.54, 1.807) is 12.1 Å². The Bertz CT molecular complexity index is 929. The van der Waals surface area contributed by atoms with Gasteiger partial charge in [0.15, 0.2) is 0 Å². The van der Waals surface area contributed by atoms with Crippen molar-refractivity contribution in [3.63, 3.8) is 0 Å². The van der Waals surface area contributed by atoms with Gasteiger partial charge in [-0.25, -0.2) is 23.0 Å². The summed E-state index contributed by atoms with van der Waals surface area (Å²) >= 11 is 6.34. The maximum absolute atomic E-state index is 13.2. The number of hydrogen-bond acceptors (Lipinski definition) is 5. The van der Waals surface area contributed by atoms with Crippen molar-refractivity contribution in [1.29, 1.82) is 0 Å². The minimum Gasteiger partial charge on any atom is -0.222 e.